The normalized spacial score (nSPS) is 12.1. The number of aromatic amines is 1. The summed E-state index contributed by atoms with van der Waals surface area (Å²) in [5.41, 5.74) is -0.174. The summed E-state index contributed by atoms with van der Waals surface area (Å²) in [6.45, 7) is 0.560. The Morgan fingerprint density at radius 2 is 2.07 bits per heavy atom. The van der Waals surface area contributed by atoms with Crippen LogP contribution in [0.2, 0.25) is 0 Å². The first-order chi connectivity index (χ1) is 14.1. The number of amides is 1. The number of carbonyl (C=O) groups excluding carboxylic acids is 1. The average Bonchev–Trinajstić information content (AvgIpc) is 3.35. The van der Waals surface area contributed by atoms with Gasteiger partial charge in [-0.3, -0.25) is 19.1 Å². The Hall–Kier alpha value is -3.54. The van der Waals surface area contributed by atoms with E-state index in [1.165, 1.54) is 16.8 Å². The second-order valence-electron chi connectivity index (χ2n) is 5.95. The average molecular weight is 417 g/mol. The van der Waals surface area contributed by atoms with Crippen LogP contribution in [-0.4, -0.2) is 38.2 Å². The molecule has 0 bridgehead atoms. The molecular weight excluding hydrogens is 402 g/mol. The van der Waals surface area contributed by atoms with E-state index < -0.39 is 11.2 Å². The van der Waals surface area contributed by atoms with E-state index in [1.54, 1.807) is 6.07 Å². The topological polar surface area (TPSA) is 141 Å². The molecule has 0 saturated carbocycles. The third kappa shape index (κ3) is 4.66. The summed E-state index contributed by atoms with van der Waals surface area (Å²) in [6.07, 6.45) is 1.34. The molecule has 0 atom stereocenters. The van der Waals surface area contributed by atoms with Gasteiger partial charge in [-0.05, 0) is 17.7 Å². The monoisotopic (exact) mass is 417 g/mol. The molecule has 2 N–H and O–H groups in total. The van der Waals surface area contributed by atoms with Gasteiger partial charge in [0.2, 0.25) is 18.6 Å². The predicted octanol–water partition coefficient (Wildman–Crippen LogP) is 0.105. The van der Waals surface area contributed by atoms with Crippen molar-refractivity contribution in [2.45, 2.75) is 18.3 Å². The zero-order valence-electron chi connectivity index (χ0n) is 14.9. The number of aromatic nitrogens is 4. The minimum Gasteiger partial charge on any atom is -0.454 e. The summed E-state index contributed by atoms with van der Waals surface area (Å²) < 4.78 is 17.2. The lowest BCUT2D eigenvalue weighted by molar-refractivity contribution is -0.118. The van der Waals surface area contributed by atoms with Crippen LogP contribution in [0.1, 0.15) is 11.5 Å². The quantitative estimate of drug-likeness (QED) is 0.512. The van der Waals surface area contributed by atoms with E-state index in [9.17, 15) is 14.4 Å². The Morgan fingerprint density at radius 1 is 1.21 bits per heavy atom. The second-order valence-corrected chi connectivity index (χ2v) is 6.88. The third-order valence-corrected chi connectivity index (χ3v) is 4.72. The van der Waals surface area contributed by atoms with Crippen molar-refractivity contribution in [3.63, 3.8) is 0 Å². The number of thioether (sulfide) groups is 1. The summed E-state index contributed by atoms with van der Waals surface area (Å²) in [5.74, 6) is 1.41. The van der Waals surface area contributed by atoms with Gasteiger partial charge in [0.15, 0.2) is 11.5 Å². The Kier molecular flexibility index (Phi) is 5.33. The van der Waals surface area contributed by atoms with Crippen molar-refractivity contribution >= 4 is 17.7 Å². The van der Waals surface area contributed by atoms with Gasteiger partial charge in [0.25, 0.3) is 10.8 Å². The lowest BCUT2D eigenvalue weighted by Gasteiger charge is -2.05. The number of nitrogens with zero attached hydrogens (tertiary/aromatic N) is 3. The van der Waals surface area contributed by atoms with Crippen LogP contribution >= 0.6 is 11.8 Å². The molecule has 1 aliphatic heterocycles. The van der Waals surface area contributed by atoms with Crippen LogP contribution in [0.3, 0.4) is 0 Å². The van der Waals surface area contributed by atoms with Crippen LogP contribution in [0.25, 0.3) is 0 Å². The van der Waals surface area contributed by atoms with Gasteiger partial charge in [0.05, 0.1) is 5.75 Å². The van der Waals surface area contributed by atoms with E-state index in [0.29, 0.717) is 18.0 Å². The van der Waals surface area contributed by atoms with Crippen molar-refractivity contribution < 1.29 is 18.7 Å². The highest BCUT2D eigenvalue weighted by atomic mass is 32.2. The fourth-order valence-electron chi connectivity index (χ4n) is 2.50. The smallest absolute Gasteiger partial charge is 0.328 e. The Balaban J connectivity index is 1.26. The van der Waals surface area contributed by atoms with E-state index in [-0.39, 0.29) is 36.1 Å². The molecule has 0 aliphatic carbocycles. The van der Waals surface area contributed by atoms with E-state index in [2.05, 4.69) is 20.5 Å². The number of fused-ring (bicyclic) bond motifs is 1. The second kappa shape index (κ2) is 8.22. The number of rotatable bonds is 7. The standard InChI is InChI=1S/C17H15N5O6S/c23-13-3-4-22(16(25)19-13)7-15-20-21-17(28-15)29-8-14(24)18-6-10-1-2-11-12(5-10)27-9-26-11/h1-5H,6-9H2,(H,18,24)(H,19,23,25). The van der Waals surface area contributed by atoms with Crippen molar-refractivity contribution in [3.05, 3.63) is 62.8 Å². The van der Waals surface area contributed by atoms with Crippen molar-refractivity contribution in [2.75, 3.05) is 12.5 Å². The van der Waals surface area contributed by atoms with Gasteiger partial charge in [-0.25, -0.2) is 4.79 Å². The van der Waals surface area contributed by atoms with E-state index in [0.717, 1.165) is 17.3 Å². The fraction of sp³-hybridized carbons (Fsp3) is 0.235. The number of benzene rings is 1. The molecule has 12 heteroatoms. The van der Waals surface area contributed by atoms with Gasteiger partial charge < -0.3 is 19.2 Å². The van der Waals surface area contributed by atoms with Gasteiger partial charge in [-0.1, -0.05) is 17.8 Å². The molecule has 0 saturated heterocycles. The maximum absolute atomic E-state index is 12.0. The van der Waals surface area contributed by atoms with E-state index in [4.69, 9.17) is 13.9 Å². The molecule has 1 aliphatic rings. The number of hydrogen-bond donors (Lipinski definition) is 2. The van der Waals surface area contributed by atoms with Crippen molar-refractivity contribution in [1.29, 1.82) is 0 Å². The SMILES string of the molecule is O=C(CSc1nnc(Cn2ccc(=O)[nH]c2=O)o1)NCc1ccc2c(c1)OCO2. The van der Waals surface area contributed by atoms with Crippen LogP contribution in [0.15, 0.2) is 49.7 Å². The molecule has 1 amide bonds. The van der Waals surface area contributed by atoms with Gasteiger partial charge in [0, 0.05) is 18.8 Å². The predicted molar refractivity (Wildman–Crippen MR) is 99.9 cm³/mol. The fourth-order valence-corrected chi connectivity index (χ4v) is 3.12. The molecule has 4 rings (SSSR count). The summed E-state index contributed by atoms with van der Waals surface area (Å²) in [7, 11) is 0. The van der Waals surface area contributed by atoms with Crippen LogP contribution < -0.4 is 26.0 Å². The first-order valence-electron chi connectivity index (χ1n) is 8.47. The lowest BCUT2D eigenvalue weighted by atomic mass is 10.2. The Bertz CT molecular complexity index is 1150. The zero-order chi connectivity index (χ0) is 20.2. The molecule has 150 valence electrons. The molecule has 3 aromatic rings. The summed E-state index contributed by atoms with van der Waals surface area (Å²) in [4.78, 5) is 36.9. The first-order valence-corrected chi connectivity index (χ1v) is 9.45. The molecule has 2 aromatic heterocycles. The summed E-state index contributed by atoms with van der Waals surface area (Å²) in [5, 5.41) is 10.7. The number of hydrogen-bond acceptors (Lipinski definition) is 9. The van der Waals surface area contributed by atoms with Crippen LogP contribution in [-0.2, 0) is 17.9 Å². The number of H-pyrrole nitrogens is 1. The van der Waals surface area contributed by atoms with Crippen molar-refractivity contribution in [1.82, 2.24) is 25.1 Å². The highest BCUT2D eigenvalue weighted by Gasteiger charge is 2.14. The van der Waals surface area contributed by atoms with E-state index in [1.807, 2.05) is 12.1 Å². The third-order valence-electron chi connectivity index (χ3n) is 3.90. The molecule has 0 radical (unpaired) electrons. The van der Waals surface area contributed by atoms with Gasteiger partial charge in [-0.15, -0.1) is 10.2 Å². The van der Waals surface area contributed by atoms with Crippen molar-refractivity contribution in [3.8, 4) is 11.5 Å². The highest BCUT2D eigenvalue weighted by Crippen LogP contribution is 2.32. The summed E-state index contributed by atoms with van der Waals surface area (Å²) >= 11 is 1.08. The van der Waals surface area contributed by atoms with Crippen LogP contribution in [0.4, 0.5) is 0 Å². The zero-order valence-corrected chi connectivity index (χ0v) is 15.7. The van der Waals surface area contributed by atoms with Gasteiger partial charge >= 0.3 is 5.69 Å². The van der Waals surface area contributed by atoms with Crippen LogP contribution in [0.5, 0.6) is 11.5 Å². The molecule has 3 heterocycles. The van der Waals surface area contributed by atoms with Crippen LogP contribution in [0, 0.1) is 0 Å². The number of carbonyl (C=O) groups is 1. The first kappa shape index (κ1) is 18.8. The Morgan fingerprint density at radius 3 is 2.93 bits per heavy atom. The molecular formula is C17H15N5O6S. The van der Waals surface area contributed by atoms with E-state index >= 15 is 0 Å². The molecule has 0 unspecified atom stereocenters. The lowest BCUT2D eigenvalue weighted by Crippen LogP contribution is -2.28. The number of ether oxygens (including phenoxy) is 2. The highest BCUT2D eigenvalue weighted by molar-refractivity contribution is 7.99. The van der Waals surface area contributed by atoms with Crippen molar-refractivity contribution in [2.24, 2.45) is 0 Å². The minimum absolute atomic E-state index is 0.0134. The Labute approximate surface area is 167 Å². The number of nitrogens with one attached hydrogen (secondary N) is 2. The largest absolute Gasteiger partial charge is 0.454 e. The molecule has 11 nitrogen and oxygen atoms in total. The van der Waals surface area contributed by atoms with Gasteiger partial charge in [0.1, 0.15) is 6.54 Å². The summed E-state index contributed by atoms with van der Waals surface area (Å²) in [6, 6.07) is 6.69. The van der Waals surface area contributed by atoms with Gasteiger partial charge in [-0.2, -0.15) is 0 Å². The maximum Gasteiger partial charge on any atom is 0.328 e. The molecule has 0 fully saturated rings. The maximum atomic E-state index is 12.0. The molecule has 29 heavy (non-hydrogen) atoms. The molecule has 1 aromatic carbocycles. The molecule has 0 spiro atoms. The minimum atomic E-state index is -0.576.